The van der Waals surface area contributed by atoms with Gasteiger partial charge in [0.05, 0.1) is 25.7 Å². The van der Waals surface area contributed by atoms with Crippen LogP contribution in [0.1, 0.15) is 24.0 Å². The van der Waals surface area contributed by atoms with Crippen molar-refractivity contribution in [3.63, 3.8) is 0 Å². The van der Waals surface area contributed by atoms with E-state index in [9.17, 15) is 9.90 Å². The number of nitrogens with zero attached hydrogens (tertiary/aromatic N) is 2. The van der Waals surface area contributed by atoms with E-state index in [1.807, 2.05) is 12.3 Å². The van der Waals surface area contributed by atoms with Gasteiger partial charge in [-0.3, -0.25) is 9.69 Å². The summed E-state index contributed by atoms with van der Waals surface area (Å²) >= 11 is 1.63. The monoisotopic (exact) mass is 284 g/mol. The summed E-state index contributed by atoms with van der Waals surface area (Å²) in [4.78, 5) is 17.9. The fourth-order valence-corrected chi connectivity index (χ4v) is 3.23. The zero-order chi connectivity index (χ0) is 13.8. The predicted molar refractivity (Wildman–Crippen MR) is 73.3 cm³/mol. The number of aliphatic carboxylic acids is 1. The number of aryl methyl sites for hydroxylation is 1. The molecule has 0 aromatic carbocycles. The normalized spacial score (nSPS) is 23.1. The number of carboxylic acid groups (broad SMARTS) is 1. The Morgan fingerprint density at radius 2 is 2.42 bits per heavy atom. The van der Waals surface area contributed by atoms with Gasteiger partial charge in [0.2, 0.25) is 0 Å². The Morgan fingerprint density at radius 3 is 3.00 bits per heavy atom. The molecule has 2 rings (SSSR count). The Labute approximate surface area is 117 Å². The number of thiazole rings is 1. The van der Waals surface area contributed by atoms with Gasteiger partial charge in [0.1, 0.15) is 5.01 Å². The molecule has 2 atom stereocenters. The minimum absolute atomic E-state index is 0.0401. The van der Waals surface area contributed by atoms with E-state index in [1.54, 1.807) is 11.3 Å². The number of hydrogen-bond donors (Lipinski definition) is 1. The third kappa shape index (κ3) is 3.52. The maximum atomic E-state index is 11.3. The molecule has 106 valence electrons. The van der Waals surface area contributed by atoms with E-state index < -0.39 is 11.9 Å². The predicted octanol–water partition coefficient (Wildman–Crippen LogP) is 1.76. The van der Waals surface area contributed by atoms with E-state index in [4.69, 9.17) is 4.74 Å². The molecule has 1 saturated heterocycles. The molecular weight excluding hydrogens is 264 g/mol. The molecule has 0 radical (unpaired) electrons. The smallest absolute Gasteiger partial charge is 0.310 e. The van der Waals surface area contributed by atoms with Crippen molar-refractivity contribution in [3.8, 4) is 0 Å². The summed E-state index contributed by atoms with van der Waals surface area (Å²) in [5, 5.41) is 12.3. The van der Waals surface area contributed by atoms with Crippen molar-refractivity contribution < 1.29 is 14.6 Å². The van der Waals surface area contributed by atoms with Crippen molar-refractivity contribution >= 4 is 17.3 Å². The Bertz CT molecular complexity index is 435. The van der Waals surface area contributed by atoms with Crippen LogP contribution in [0.3, 0.4) is 0 Å². The van der Waals surface area contributed by atoms with Crippen LogP contribution in [0, 0.1) is 12.8 Å². The van der Waals surface area contributed by atoms with Gasteiger partial charge in [-0.15, -0.1) is 11.3 Å². The number of carbonyl (C=O) groups is 1. The topological polar surface area (TPSA) is 62.7 Å². The molecule has 6 heteroatoms. The Balaban J connectivity index is 2.08. The summed E-state index contributed by atoms with van der Waals surface area (Å²) in [6.07, 6.45) is 0.993. The second kappa shape index (κ2) is 6.45. The quantitative estimate of drug-likeness (QED) is 0.862. The summed E-state index contributed by atoms with van der Waals surface area (Å²) < 4.78 is 5.36. The lowest BCUT2D eigenvalue weighted by Crippen LogP contribution is -2.43. The highest BCUT2D eigenvalue weighted by molar-refractivity contribution is 7.09. The number of ether oxygens (including phenoxy) is 1. The first-order chi connectivity index (χ1) is 9.11. The second-order valence-electron chi connectivity index (χ2n) is 4.90. The van der Waals surface area contributed by atoms with Crippen LogP contribution in [0.4, 0.5) is 0 Å². The van der Waals surface area contributed by atoms with Crippen molar-refractivity contribution in [1.29, 1.82) is 0 Å². The van der Waals surface area contributed by atoms with Crippen LogP contribution in [0.2, 0.25) is 0 Å². The second-order valence-corrected chi connectivity index (χ2v) is 5.85. The molecule has 19 heavy (non-hydrogen) atoms. The highest BCUT2D eigenvalue weighted by Crippen LogP contribution is 2.23. The van der Waals surface area contributed by atoms with Crippen LogP contribution >= 0.6 is 11.3 Å². The first-order valence-corrected chi connectivity index (χ1v) is 7.45. The van der Waals surface area contributed by atoms with Crippen LogP contribution in [0.5, 0.6) is 0 Å². The van der Waals surface area contributed by atoms with E-state index in [2.05, 4.69) is 16.8 Å². The maximum Gasteiger partial charge on any atom is 0.310 e. The zero-order valence-electron chi connectivity index (χ0n) is 11.3. The Morgan fingerprint density at radius 1 is 1.63 bits per heavy atom. The fraction of sp³-hybridized carbons (Fsp3) is 0.692. The summed E-state index contributed by atoms with van der Waals surface area (Å²) in [6, 6.07) is -0.0401. The number of aromatic nitrogens is 1. The van der Waals surface area contributed by atoms with Crippen molar-refractivity contribution in [2.24, 2.45) is 5.92 Å². The Hall–Kier alpha value is -0.980. The van der Waals surface area contributed by atoms with Gasteiger partial charge in [0.15, 0.2) is 0 Å². The van der Waals surface area contributed by atoms with Gasteiger partial charge in [-0.1, -0.05) is 6.92 Å². The van der Waals surface area contributed by atoms with E-state index in [-0.39, 0.29) is 6.04 Å². The number of hydrogen-bond acceptors (Lipinski definition) is 5. The standard InChI is InChI=1S/C13H20N2O3S/c1-3-4-15(5-12-14-9(2)8-19-12)11-7-18-6-10(11)13(16)17/h8,10-11H,3-7H2,1-2H3,(H,16,17). The van der Waals surface area contributed by atoms with E-state index in [1.165, 1.54) is 0 Å². The molecule has 0 aliphatic carbocycles. The first kappa shape index (κ1) is 14.4. The third-order valence-electron chi connectivity index (χ3n) is 3.35. The lowest BCUT2D eigenvalue weighted by molar-refractivity contribution is -0.143. The van der Waals surface area contributed by atoms with E-state index in [0.717, 1.165) is 23.7 Å². The molecule has 1 aromatic heterocycles. The summed E-state index contributed by atoms with van der Waals surface area (Å²) in [5.41, 5.74) is 1.02. The summed E-state index contributed by atoms with van der Waals surface area (Å²) in [6.45, 7) is 6.48. The molecule has 0 saturated carbocycles. The van der Waals surface area contributed by atoms with Crippen LogP contribution in [-0.4, -0.2) is 46.8 Å². The molecule has 0 spiro atoms. The van der Waals surface area contributed by atoms with Gasteiger partial charge in [0, 0.05) is 17.1 Å². The van der Waals surface area contributed by atoms with E-state index in [0.29, 0.717) is 19.8 Å². The summed E-state index contributed by atoms with van der Waals surface area (Å²) in [7, 11) is 0. The number of rotatable bonds is 6. The Kier molecular flexibility index (Phi) is 4.90. The van der Waals surface area contributed by atoms with Gasteiger partial charge in [-0.05, 0) is 19.9 Å². The van der Waals surface area contributed by atoms with Gasteiger partial charge < -0.3 is 9.84 Å². The SMILES string of the molecule is CCCN(Cc1nc(C)cs1)C1COCC1C(=O)O. The van der Waals surface area contributed by atoms with Crippen molar-refractivity contribution in [2.45, 2.75) is 32.9 Å². The fourth-order valence-electron chi connectivity index (χ4n) is 2.44. The molecule has 0 bridgehead atoms. The first-order valence-electron chi connectivity index (χ1n) is 6.57. The largest absolute Gasteiger partial charge is 0.481 e. The molecule has 1 aliphatic heterocycles. The lowest BCUT2D eigenvalue weighted by Gasteiger charge is -2.29. The van der Waals surface area contributed by atoms with Gasteiger partial charge in [-0.2, -0.15) is 0 Å². The van der Waals surface area contributed by atoms with Crippen LogP contribution in [0.25, 0.3) is 0 Å². The molecule has 2 heterocycles. The minimum atomic E-state index is -0.765. The molecule has 0 amide bonds. The lowest BCUT2D eigenvalue weighted by atomic mass is 10.0. The molecule has 1 aliphatic rings. The zero-order valence-corrected chi connectivity index (χ0v) is 12.2. The molecule has 5 nitrogen and oxygen atoms in total. The average Bonchev–Trinajstić information content (AvgIpc) is 2.97. The van der Waals surface area contributed by atoms with Crippen LogP contribution < -0.4 is 0 Å². The van der Waals surface area contributed by atoms with Crippen molar-refractivity contribution in [3.05, 3.63) is 16.1 Å². The maximum absolute atomic E-state index is 11.3. The van der Waals surface area contributed by atoms with Gasteiger partial charge in [-0.25, -0.2) is 4.98 Å². The molecule has 1 fully saturated rings. The van der Waals surface area contributed by atoms with Crippen LogP contribution in [0.15, 0.2) is 5.38 Å². The van der Waals surface area contributed by atoms with Crippen molar-refractivity contribution in [2.75, 3.05) is 19.8 Å². The molecule has 1 N–H and O–H groups in total. The third-order valence-corrected chi connectivity index (χ3v) is 4.30. The van der Waals surface area contributed by atoms with Crippen molar-refractivity contribution in [1.82, 2.24) is 9.88 Å². The molecule has 1 aromatic rings. The summed E-state index contributed by atoms with van der Waals surface area (Å²) in [5.74, 6) is -1.19. The highest BCUT2D eigenvalue weighted by atomic mass is 32.1. The van der Waals surface area contributed by atoms with Gasteiger partial charge in [0.25, 0.3) is 0 Å². The average molecular weight is 284 g/mol. The van der Waals surface area contributed by atoms with Gasteiger partial charge >= 0.3 is 5.97 Å². The molecular formula is C13H20N2O3S. The highest BCUT2D eigenvalue weighted by Gasteiger charge is 2.37. The number of carboxylic acids is 1. The van der Waals surface area contributed by atoms with E-state index >= 15 is 0 Å². The molecule has 2 unspecified atom stereocenters. The minimum Gasteiger partial charge on any atom is -0.481 e. The van der Waals surface area contributed by atoms with Crippen LogP contribution in [-0.2, 0) is 16.1 Å².